The van der Waals surface area contributed by atoms with Crippen molar-refractivity contribution >= 4 is 0 Å². The van der Waals surface area contributed by atoms with Crippen LogP contribution in [0.15, 0.2) is 0 Å². The van der Waals surface area contributed by atoms with Gasteiger partial charge in [-0.3, -0.25) is 0 Å². The molecule has 2 heteroatoms. The van der Waals surface area contributed by atoms with E-state index in [9.17, 15) is 0 Å². The van der Waals surface area contributed by atoms with E-state index in [0.717, 1.165) is 19.0 Å². The summed E-state index contributed by atoms with van der Waals surface area (Å²) < 4.78 is 0. The fraction of sp³-hybridized carbons (Fsp3) is 0.875. The number of hydrogen-bond donors (Lipinski definition) is 1. The number of nitrogens with zero attached hydrogens (tertiary/aromatic N) is 1. The van der Waals surface area contributed by atoms with Crippen LogP contribution in [0.3, 0.4) is 0 Å². The first-order valence-corrected chi connectivity index (χ1v) is 4.08. The van der Waals surface area contributed by atoms with Crippen LogP contribution in [0, 0.1) is 12.8 Å². The van der Waals surface area contributed by atoms with E-state index in [1.165, 1.54) is 25.9 Å². The van der Waals surface area contributed by atoms with Crippen molar-refractivity contribution in [3.8, 4) is 0 Å². The largest absolute Gasteiger partial charge is 0.330 e. The Labute approximate surface area is 63.4 Å². The Kier molecular flexibility index (Phi) is 3.16. The molecule has 1 fully saturated rings. The molecule has 0 amide bonds. The number of likely N-dealkylation sites (tertiary alicyclic amines) is 1. The molecule has 59 valence electrons. The molecule has 0 aromatic rings. The first-order chi connectivity index (χ1) is 4.86. The Balaban J connectivity index is 2.25. The molecule has 0 aromatic carbocycles. The van der Waals surface area contributed by atoms with Crippen molar-refractivity contribution in [2.45, 2.75) is 12.8 Å². The van der Waals surface area contributed by atoms with E-state index in [-0.39, 0.29) is 0 Å². The van der Waals surface area contributed by atoms with Crippen molar-refractivity contribution < 1.29 is 0 Å². The maximum absolute atomic E-state index is 5.57. The molecule has 1 unspecified atom stereocenters. The Bertz CT molecular complexity index is 83.3. The summed E-state index contributed by atoms with van der Waals surface area (Å²) in [6, 6.07) is 0. The number of piperidine rings is 1. The highest BCUT2D eigenvalue weighted by molar-refractivity contribution is 4.73. The third kappa shape index (κ3) is 1.96. The number of hydrogen-bond acceptors (Lipinski definition) is 2. The van der Waals surface area contributed by atoms with Gasteiger partial charge in [0.15, 0.2) is 0 Å². The molecular weight excluding hydrogens is 124 g/mol. The Morgan fingerprint density at radius 3 is 3.00 bits per heavy atom. The Morgan fingerprint density at radius 2 is 2.40 bits per heavy atom. The molecule has 0 saturated carbocycles. The summed E-state index contributed by atoms with van der Waals surface area (Å²) in [6.45, 7) is 8.04. The molecule has 1 radical (unpaired) electrons. The van der Waals surface area contributed by atoms with Gasteiger partial charge < -0.3 is 10.6 Å². The van der Waals surface area contributed by atoms with Crippen molar-refractivity contribution in [1.29, 1.82) is 0 Å². The van der Waals surface area contributed by atoms with Gasteiger partial charge in [-0.15, -0.1) is 0 Å². The van der Waals surface area contributed by atoms with Crippen LogP contribution in [0.4, 0.5) is 0 Å². The van der Waals surface area contributed by atoms with E-state index < -0.39 is 0 Å². The molecule has 0 bridgehead atoms. The molecule has 1 saturated heterocycles. The van der Waals surface area contributed by atoms with Crippen LogP contribution < -0.4 is 5.73 Å². The lowest BCUT2D eigenvalue weighted by molar-refractivity contribution is 0.194. The van der Waals surface area contributed by atoms with Crippen LogP contribution in [0.25, 0.3) is 0 Å². The molecule has 1 rings (SSSR count). The van der Waals surface area contributed by atoms with Crippen LogP contribution in [-0.2, 0) is 0 Å². The molecule has 0 aromatic heterocycles. The highest BCUT2D eigenvalue weighted by Crippen LogP contribution is 2.13. The third-order valence-corrected chi connectivity index (χ3v) is 2.25. The summed E-state index contributed by atoms with van der Waals surface area (Å²) in [5.74, 6) is 0.732. The minimum atomic E-state index is 0.732. The van der Waals surface area contributed by atoms with Crippen molar-refractivity contribution in [3.05, 3.63) is 6.92 Å². The van der Waals surface area contributed by atoms with Crippen LogP contribution in [0.1, 0.15) is 12.8 Å². The Morgan fingerprint density at radius 1 is 1.60 bits per heavy atom. The monoisotopic (exact) mass is 141 g/mol. The molecule has 1 heterocycles. The lowest BCUT2D eigenvalue weighted by Gasteiger charge is -2.30. The zero-order valence-electron chi connectivity index (χ0n) is 6.55. The minimum absolute atomic E-state index is 0.732. The van der Waals surface area contributed by atoms with Crippen LogP contribution in [-0.4, -0.2) is 31.1 Å². The van der Waals surface area contributed by atoms with Gasteiger partial charge in [-0.1, -0.05) is 0 Å². The van der Waals surface area contributed by atoms with E-state index >= 15 is 0 Å². The molecule has 1 aliphatic rings. The van der Waals surface area contributed by atoms with Crippen molar-refractivity contribution in [2.75, 3.05) is 26.2 Å². The normalized spacial score (nSPS) is 28.8. The first kappa shape index (κ1) is 8.02. The molecular formula is C8H17N2. The highest BCUT2D eigenvalue weighted by Gasteiger charge is 2.16. The van der Waals surface area contributed by atoms with E-state index in [1.54, 1.807) is 0 Å². The van der Waals surface area contributed by atoms with Crippen molar-refractivity contribution in [2.24, 2.45) is 11.7 Å². The Hall–Kier alpha value is -0.0800. The van der Waals surface area contributed by atoms with Gasteiger partial charge >= 0.3 is 0 Å². The van der Waals surface area contributed by atoms with E-state index in [1.807, 2.05) is 0 Å². The zero-order valence-corrected chi connectivity index (χ0v) is 6.55. The second kappa shape index (κ2) is 3.94. The van der Waals surface area contributed by atoms with Gasteiger partial charge in [0.05, 0.1) is 0 Å². The van der Waals surface area contributed by atoms with Crippen LogP contribution in [0.2, 0.25) is 0 Å². The number of nitrogens with two attached hydrogens (primary N) is 1. The highest BCUT2D eigenvalue weighted by atomic mass is 15.1. The lowest BCUT2D eigenvalue weighted by Crippen LogP contribution is -2.38. The fourth-order valence-corrected chi connectivity index (χ4v) is 1.55. The van der Waals surface area contributed by atoms with Crippen molar-refractivity contribution in [3.63, 3.8) is 0 Å². The zero-order chi connectivity index (χ0) is 7.40. The molecule has 2 N–H and O–H groups in total. The van der Waals surface area contributed by atoms with Crippen molar-refractivity contribution in [1.82, 2.24) is 4.90 Å². The van der Waals surface area contributed by atoms with Gasteiger partial charge in [0.2, 0.25) is 0 Å². The van der Waals surface area contributed by atoms with E-state index in [0.29, 0.717) is 0 Å². The summed E-state index contributed by atoms with van der Waals surface area (Å²) in [5.41, 5.74) is 5.57. The van der Waals surface area contributed by atoms with E-state index in [2.05, 4.69) is 11.8 Å². The topological polar surface area (TPSA) is 29.3 Å². The summed E-state index contributed by atoms with van der Waals surface area (Å²) in [7, 11) is 0. The molecule has 10 heavy (non-hydrogen) atoms. The standard InChI is InChI=1S/C8H17N2/c1-2-10-5-3-4-8(6-9)7-10/h8H,1-7,9H2. The SMILES string of the molecule is [CH2]CN1CCCC(CN)C1. The molecule has 1 atom stereocenters. The minimum Gasteiger partial charge on any atom is -0.330 e. The van der Waals surface area contributed by atoms with Crippen LogP contribution >= 0.6 is 0 Å². The average Bonchev–Trinajstić information content (AvgIpc) is 2.05. The second-order valence-electron chi connectivity index (χ2n) is 3.04. The van der Waals surface area contributed by atoms with Gasteiger partial charge in [0.1, 0.15) is 0 Å². The second-order valence-corrected chi connectivity index (χ2v) is 3.04. The molecule has 2 nitrogen and oxygen atoms in total. The lowest BCUT2D eigenvalue weighted by atomic mass is 9.98. The maximum Gasteiger partial charge on any atom is 0.00217 e. The van der Waals surface area contributed by atoms with Gasteiger partial charge in [-0.05, 0) is 45.3 Å². The first-order valence-electron chi connectivity index (χ1n) is 4.08. The van der Waals surface area contributed by atoms with Gasteiger partial charge in [0.25, 0.3) is 0 Å². The summed E-state index contributed by atoms with van der Waals surface area (Å²) in [4.78, 5) is 2.38. The third-order valence-electron chi connectivity index (χ3n) is 2.25. The van der Waals surface area contributed by atoms with Gasteiger partial charge in [-0.2, -0.15) is 0 Å². The smallest absolute Gasteiger partial charge is 0.00217 e. The quantitative estimate of drug-likeness (QED) is 0.606. The van der Waals surface area contributed by atoms with Crippen LogP contribution in [0.5, 0.6) is 0 Å². The number of rotatable bonds is 2. The molecule has 0 aliphatic carbocycles. The predicted molar refractivity (Wildman–Crippen MR) is 43.6 cm³/mol. The molecule has 1 aliphatic heterocycles. The summed E-state index contributed by atoms with van der Waals surface area (Å²) in [5, 5.41) is 0. The molecule has 0 spiro atoms. The maximum atomic E-state index is 5.57. The fourth-order valence-electron chi connectivity index (χ4n) is 1.55. The average molecular weight is 141 g/mol. The summed E-state index contributed by atoms with van der Waals surface area (Å²) >= 11 is 0. The van der Waals surface area contributed by atoms with Gasteiger partial charge in [0, 0.05) is 6.54 Å². The summed E-state index contributed by atoms with van der Waals surface area (Å²) in [6.07, 6.45) is 2.62. The predicted octanol–water partition coefficient (Wildman–Crippen LogP) is 0.491. The van der Waals surface area contributed by atoms with E-state index in [4.69, 9.17) is 5.73 Å². The van der Waals surface area contributed by atoms with Gasteiger partial charge in [-0.25, -0.2) is 0 Å².